The van der Waals surface area contributed by atoms with Crippen molar-refractivity contribution in [3.63, 3.8) is 0 Å². The van der Waals surface area contributed by atoms with Gasteiger partial charge in [-0.25, -0.2) is 9.78 Å². The third kappa shape index (κ3) is 5.08. The summed E-state index contributed by atoms with van der Waals surface area (Å²) in [5.41, 5.74) is -0.579. The molecule has 3 aromatic rings. The molecule has 33 heavy (non-hydrogen) atoms. The number of nitrogens with zero attached hydrogens (tertiary/aromatic N) is 2. The number of amides is 3. The Labute approximate surface area is 190 Å². The van der Waals surface area contributed by atoms with Gasteiger partial charge in [0.05, 0.1) is 12.2 Å². The maximum absolute atomic E-state index is 13.1. The van der Waals surface area contributed by atoms with Crippen LogP contribution in [-0.4, -0.2) is 28.2 Å². The maximum Gasteiger partial charge on any atom is 0.573 e. The van der Waals surface area contributed by atoms with E-state index < -0.39 is 29.6 Å². The summed E-state index contributed by atoms with van der Waals surface area (Å²) in [5, 5.41) is 5.04. The molecule has 2 aromatic carbocycles. The number of hydrogen-bond donors (Lipinski definition) is 1. The number of rotatable bonds is 7. The monoisotopic (exact) mass is 477 g/mol. The molecular formula is C22H18F3N3O4S. The van der Waals surface area contributed by atoms with Crippen LogP contribution in [0, 0.1) is 0 Å². The Kier molecular flexibility index (Phi) is 5.98. The van der Waals surface area contributed by atoms with Crippen molar-refractivity contribution >= 4 is 23.3 Å². The van der Waals surface area contributed by atoms with Gasteiger partial charge in [0.2, 0.25) is 0 Å². The molecule has 0 saturated carbocycles. The Morgan fingerprint density at radius 2 is 1.76 bits per heavy atom. The van der Waals surface area contributed by atoms with E-state index in [0.717, 1.165) is 17.0 Å². The first-order chi connectivity index (χ1) is 15.6. The van der Waals surface area contributed by atoms with Crippen LogP contribution in [0.3, 0.4) is 0 Å². The summed E-state index contributed by atoms with van der Waals surface area (Å²) in [6.07, 6.45) is -4.82. The molecule has 172 valence electrons. The lowest BCUT2D eigenvalue weighted by Gasteiger charge is -2.22. The van der Waals surface area contributed by atoms with E-state index in [-0.39, 0.29) is 13.2 Å². The second kappa shape index (κ2) is 8.74. The highest BCUT2D eigenvalue weighted by Gasteiger charge is 2.49. The first kappa shape index (κ1) is 22.6. The van der Waals surface area contributed by atoms with E-state index in [1.54, 1.807) is 5.38 Å². The number of carbonyl (C=O) groups excluding carboxylic acids is 2. The molecule has 1 unspecified atom stereocenters. The SMILES string of the molecule is CC1(c2ccc(OC(F)(F)F)cc2)NC(=O)N(Cc2csc(COc3ccccc3)n2)C1=O. The Morgan fingerprint density at radius 1 is 1.06 bits per heavy atom. The summed E-state index contributed by atoms with van der Waals surface area (Å²) in [5.74, 6) is -0.256. The van der Waals surface area contributed by atoms with Crippen molar-refractivity contribution in [2.45, 2.75) is 32.0 Å². The first-order valence-electron chi connectivity index (χ1n) is 9.75. The van der Waals surface area contributed by atoms with E-state index in [9.17, 15) is 22.8 Å². The Bertz CT molecular complexity index is 1150. The zero-order chi connectivity index (χ0) is 23.6. The molecule has 0 aliphatic carbocycles. The van der Waals surface area contributed by atoms with E-state index in [4.69, 9.17) is 4.74 Å². The molecule has 1 atom stereocenters. The van der Waals surface area contributed by atoms with Crippen LogP contribution >= 0.6 is 11.3 Å². The number of ether oxygens (including phenoxy) is 2. The van der Waals surface area contributed by atoms with Gasteiger partial charge in [0, 0.05) is 5.38 Å². The molecule has 0 bridgehead atoms. The number of aromatic nitrogens is 1. The third-order valence-corrected chi connectivity index (χ3v) is 5.84. The van der Waals surface area contributed by atoms with Crippen LogP contribution in [0.4, 0.5) is 18.0 Å². The molecule has 0 spiro atoms. The van der Waals surface area contributed by atoms with Crippen molar-refractivity contribution in [3.05, 3.63) is 76.2 Å². The lowest BCUT2D eigenvalue weighted by Crippen LogP contribution is -2.40. The fraction of sp³-hybridized carbons (Fsp3) is 0.227. The molecule has 3 amide bonds. The number of halogens is 3. The highest BCUT2D eigenvalue weighted by molar-refractivity contribution is 7.09. The van der Waals surface area contributed by atoms with Gasteiger partial charge < -0.3 is 14.8 Å². The van der Waals surface area contributed by atoms with E-state index in [1.807, 2.05) is 30.3 Å². The van der Waals surface area contributed by atoms with Crippen LogP contribution in [0.1, 0.15) is 23.2 Å². The first-order valence-corrected chi connectivity index (χ1v) is 10.6. The molecule has 7 nitrogen and oxygen atoms in total. The highest BCUT2D eigenvalue weighted by atomic mass is 32.1. The van der Waals surface area contributed by atoms with Crippen LogP contribution in [0.2, 0.25) is 0 Å². The summed E-state index contributed by atoms with van der Waals surface area (Å²) < 4.78 is 46.6. The quantitative estimate of drug-likeness (QED) is 0.504. The summed E-state index contributed by atoms with van der Waals surface area (Å²) >= 11 is 1.35. The van der Waals surface area contributed by atoms with E-state index >= 15 is 0 Å². The molecular weight excluding hydrogens is 459 g/mol. The zero-order valence-corrected chi connectivity index (χ0v) is 18.1. The summed E-state index contributed by atoms with van der Waals surface area (Å²) in [6.45, 7) is 1.70. The topological polar surface area (TPSA) is 80.8 Å². The predicted molar refractivity (Wildman–Crippen MR) is 112 cm³/mol. The van der Waals surface area contributed by atoms with Gasteiger partial charge in [0.25, 0.3) is 5.91 Å². The van der Waals surface area contributed by atoms with Crippen molar-refractivity contribution in [2.24, 2.45) is 0 Å². The van der Waals surface area contributed by atoms with Gasteiger partial charge in [0.15, 0.2) is 0 Å². The molecule has 1 aliphatic rings. The fourth-order valence-corrected chi connectivity index (χ4v) is 4.03. The average Bonchev–Trinajstić information content (AvgIpc) is 3.31. The minimum atomic E-state index is -4.82. The molecule has 4 rings (SSSR count). The number of alkyl halides is 3. The summed E-state index contributed by atoms with van der Waals surface area (Å²) in [4.78, 5) is 31.0. The van der Waals surface area contributed by atoms with Crippen LogP contribution in [-0.2, 0) is 23.5 Å². The van der Waals surface area contributed by atoms with Gasteiger partial charge in [-0.15, -0.1) is 24.5 Å². The molecule has 0 radical (unpaired) electrons. The summed E-state index contributed by atoms with van der Waals surface area (Å²) in [6, 6.07) is 13.4. The van der Waals surface area contributed by atoms with Crippen molar-refractivity contribution in [3.8, 4) is 11.5 Å². The van der Waals surface area contributed by atoms with E-state index in [0.29, 0.717) is 22.0 Å². The lowest BCUT2D eigenvalue weighted by atomic mass is 9.92. The van der Waals surface area contributed by atoms with Gasteiger partial charge in [-0.1, -0.05) is 30.3 Å². The van der Waals surface area contributed by atoms with Gasteiger partial charge in [-0.3, -0.25) is 9.69 Å². The number of para-hydroxylation sites is 1. The van der Waals surface area contributed by atoms with Gasteiger partial charge in [-0.2, -0.15) is 0 Å². The maximum atomic E-state index is 13.1. The smallest absolute Gasteiger partial charge is 0.486 e. The van der Waals surface area contributed by atoms with Gasteiger partial charge >= 0.3 is 12.4 Å². The number of imide groups is 1. The molecule has 1 N–H and O–H groups in total. The number of urea groups is 1. The van der Waals surface area contributed by atoms with Gasteiger partial charge in [0.1, 0.15) is 28.7 Å². The minimum Gasteiger partial charge on any atom is -0.486 e. The number of thiazole rings is 1. The van der Waals surface area contributed by atoms with Crippen molar-refractivity contribution in [1.29, 1.82) is 0 Å². The molecule has 11 heteroatoms. The highest BCUT2D eigenvalue weighted by Crippen LogP contribution is 2.32. The van der Waals surface area contributed by atoms with Crippen molar-refractivity contribution in [1.82, 2.24) is 15.2 Å². The number of hydrogen-bond acceptors (Lipinski definition) is 6. The number of benzene rings is 2. The molecule has 2 heterocycles. The predicted octanol–water partition coefficient (Wildman–Crippen LogP) is 4.59. The fourth-order valence-electron chi connectivity index (χ4n) is 3.34. The Hall–Kier alpha value is -3.60. The largest absolute Gasteiger partial charge is 0.573 e. The van der Waals surface area contributed by atoms with Crippen molar-refractivity contribution in [2.75, 3.05) is 0 Å². The lowest BCUT2D eigenvalue weighted by molar-refractivity contribution is -0.274. The second-order valence-corrected chi connectivity index (χ2v) is 8.30. The van der Waals surface area contributed by atoms with Crippen LogP contribution in [0.15, 0.2) is 60.0 Å². The Balaban J connectivity index is 1.42. The van der Waals surface area contributed by atoms with E-state index in [1.165, 1.54) is 30.4 Å². The molecule has 1 saturated heterocycles. The van der Waals surface area contributed by atoms with Crippen molar-refractivity contribution < 1.29 is 32.2 Å². The second-order valence-electron chi connectivity index (χ2n) is 7.35. The molecule has 1 aliphatic heterocycles. The summed E-state index contributed by atoms with van der Waals surface area (Å²) in [7, 11) is 0. The van der Waals surface area contributed by atoms with Crippen LogP contribution in [0.5, 0.6) is 11.5 Å². The van der Waals surface area contributed by atoms with Crippen LogP contribution < -0.4 is 14.8 Å². The standard InChI is InChI=1S/C22H18F3N3O4S/c1-21(14-7-9-17(10-8-14)32-22(23,24)25)19(29)28(20(30)27-21)11-15-13-33-18(26-15)12-31-16-5-3-2-4-6-16/h2-10,13H,11-12H2,1H3,(H,27,30). The molecule has 1 aromatic heterocycles. The number of nitrogens with one attached hydrogen (secondary N) is 1. The zero-order valence-electron chi connectivity index (χ0n) is 17.3. The Morgan fingerprint density at radius 3 is 2.42 bits per heavy atom. The normalized spacial score (nSPS) is 18.4. The number of carbonyl (C=O) groups is 2. The van der Waals surface area contributed by atoms with Gasteiger partial charge in [-0.05, 0) is 36.8 Å². The minimum absolute atomic E-state index is 0.0443. The third-order valence-electron chi connectivity index (χ3n) is 4.97. The van der Waals surface area contributed by atoms with E-state index in [2.05, 4.69) is 15.0 Å². The molecule has 1 fully saturated rings. The average molecular weight is 477 g/mol. The van der Waals surface area contributed by atoms with Crippen LogP contribution in [0.25, 0.3) is 0 Å².